The molecule has 0 aliphatic carbocycles. The fourth-order valence-electron chi connectivity index (χ4n) is 4.31. The van der Waals surface area contributed by atoms with E-state index < -0.39 is 0 Å². The van der Waals surface area contributed by atoms with Crippen molar-refractivity contribution in [1.82, 2.24) is 0 Å². The normalized spacial score (nSPS) is 17.1. The minimum absolute atomic E-state index is 0.167. The largest absolute Gasteiger partial charge is 0.465 e. The lowest BCUT2D eigenvalue weighted by Gasteiger charge is -2.39. The van der Waals surface area contributed by atoms with Crippen LogP contribution in [-0.2, 0) is 4.74 Å². The molecule has 3 aromatic rings. The van der Waals surface area contributed by atoms with E-state index in [9.17, 15) is 4.79 Å². The molecule has 1 unspecified atom stereocenters. The molecule has 1 atom stereocenters. The summed E-state index contributed by atoms with van der Waals surface area (Å²) in [5.41, 5.74) is 6.90. The van der Waals surface area contributed by atoms with Crippen molar-refractivity contribution in [3.05, 3.63) is 83.9 Å². The average molecular weight is 356 g/mol. The minimum atomic E-state index is -0.304. The van der Waals surface area contributed by atoms with Gasteiger partial charge in [0.1, 0.15) is 6.17 Å². The molecule has 1 fully saturated rings. The molecule has 4 heteroatoms. The van der Waals surface area contributed by atoms with Crippen molar-refractivity contribution in [2.24, 2.45) is 0 Å². The Morgan fingerprint density at radius 2 is 1.52 bits per heavy atom. The number of carbonyl (C=O) groups excluding carboxylic acids is 1. The van der Waals surface area contributed by atoms with Gasteiger partial charge in [-0.3, -0.25) is 0 Å². The van der Waals surface area contributed by atoms with Crippen LogP contribution >= 0.6 is 0 Å². The van der Waals surface area contributed by atoms with Crippen LogP contribution in [-0.4, -0.2) is 26.2 Å². The molecule has 4 nitrogen and oxygen atoms in total. The Kier molecular flexibility index (Phi) is 3.64. The van der Waals surface area contributed by atoms with Gasteiger partial charge in [0.2, 0.25) is 0 Å². The number of benzene rings is 3. The van der Waals surface area contributed by atoms with Crippen molar-refractivity contribution in [3.63, 3.8) is 0 Å². The van der Waals surface area contributed by atoms with Gasteiger partial charge < -0.3 is 14.5 Å². The molecule has 2 heterocycles. The molecule has 0 aromatic heterocycles. The third-order valence-electron chi connectivity index (χ3n) is 5.53. The number of ether oxygens (including phenoxy) is 1. The van der Waals surface area contributed by atoms with Crippen LogP contribution in [0, 0.1) is 0 Å². The molecule has 1 saturated heterocycles. The molecule has 0 saturated carbocycles. The van der Waals surface area contributed by atoms with E-state index in [1.807, 2.05) is 24.3 Å². The first kappa shape index (κ1) is 15.9. The maximum atomic E-state index is 11.7. The van der Waals surface area contributed by atoms with Crippen LogP contribution in [0.5, 0.6) is 0 Å². The lowest BCUT2D eigenvalue weighted by molar-refractivity contribution is 0.0601. The van der Waals surface area contributed by atoms with E-state index in [0.29, 0.717) is 5.56 Å². The van der Waals surface area contributed by atoms with Crippen LogP contribution in [0.25, 0.3) is 11.1 Å². The first-order valence-corrected chi connectivity index (χ1v) is 9.18. The number of hydrogen-bond donors (Lipinski definition) is 0. The summed E-state index contributed by atoms with van der Waals surface area (Å²) in [4.78, 5) is 16.6. The van der Waals surface area contributed by atoms with Crippen molar-refractivity contribution in [2.45, 2.75) is 6.17 Å². The zero-order valence-corrected chi connectivity index (χ0v) is 15.1. The number of hydrogen-bond acceptors (Lipinski definition) is 4. The number of fused-ring (bicyclic) bond motifs is 6. The minimum Gasteiger partial charge on any atom is -0.465 e. The predicted octanol–water partition coefficient (Wildman–Crippen LogP) is 4.48. The number of esters is 1. The summed E-state index contributed by atoms with van der Waals surface area (Å²) in [5, 5.41) is 0. The van der Waals surface area contributed by atoms with Gasteiger partial charge in [0.25, 0.3) is 0 Å². The van der Waals surface area contributed by atoms with Crippen molar-refractivity contribution < 1.29 is 9.53 Å². The maximum absolute atomic E-state index is 11.7. The number of carbonyl (C=O) groups is 1. The highest BCUT2D eigenvalue weighted by Crippen LogP contribution is 2.48. The molecular formula is C23H20N2O2. The second-order valence-corrected chi connectivity index (χ2v) is 6.90. The highest BCUT2D eigenvalue weighted by molar-refractivity contribution is 5.90. The molecule has 0 bridgehead atoms. The molecule has 134 valence electrons. The lowest BCUT2D eigenvalue weighted by atomic mass is 9.91. The van der Waals surface area contributed by atoms with Gasteiger partial charge in [-0.15, -0.1) is 0 Å². The number of anilines is 2. The summed E-state index contributed by atoms with van der Waals surface area (Å²) in [7, 11) is 1.41. The molecule has 2 aliphatic heterocycles. The van der Waals surface area contributed by atoms with Gasteiger partial charge in [-0.2, -0.15) is 0 Å². The topological polar surface area (TPSA) is 32.8 Å². The van der Waals surface area contributed by atoms with E-state index in [1.54, 1.807) is 0 Å². The molecule has 0 N–H and O–H groups in total. The van der Waals surface area contributed by atoms with E-state index >= 15 is 0 Å². The van der Waals surface area contributed by atoms with Crippen LogP contribution in [0.2, 0.25) is 0 Å². The Morgan fingerprint density at radius 1 is 0.852 bits per heavy atom. The smallest absolute Gasteiger partial charge is 0.337 e. The summed E-state index contributed by atoms with van der Waals surface area (Å²) in [6.45, 7) is 1.90. The third kappa shape index (κ3) is 2.40. The van der Waals surface area contributed by atoms with Gasteiger partial charge in [0.05, 0.1) is 12.7 Å². The van der Waals surface area contributed by atoms with Gasteiger partial charge in [-0.25, -0.2) is 4.79 Å². The SMILES string of the molecule is COC(=O)c1ccc(N2CCN3c4ccccc4-c4ccccc4C23)cc1. The molecule has 0 amide bonds. The van der Waals surface area contributed by atoms with Gasteiger partial charge in [-0.05, 0) is 35.9 Å². The molecule has 2 aliphatic rings. The second kappa shape index (κ2) is 6.16. The van der Waals surface area contributed by atoms with Crippen LogP contribution < -0.4 is 9.80 Å². The first-order valence-electron chi connectivity index (χ1n) is 9.18. The molecule has 27 heavy (non-hydrogen) atoms. The number of methoxy groups -OCH3 is 1. The Labute approximate surface area is 158 Å². The van der Waals surface area contributed by atoms with E-state index in [4.69, 9.17) is 4.74 Å². The summed E-state index contributed by atoms with van der Waals surface area (Å²) in [6.07, 6.45) is 0.167. The Morgan fingerprint density at radius 3 is 2.30 bits per heavy atom. The monoisotopic (exact) mass is 356 g/mol. The highest BCUT2D eigenvalue weighted by Gasteiger charge is 2.39. The van der Waals surface area contributed by atoms with Gasteiger partial charge in [0, 0.05) is 35.6 Å². The predicted molar refractivity (Wildman–Crippen MR) is 107 cm³/mol. The number of para-hydroxylation sites is 1. The number of nitrogens with zero attached hydrogens (tertiary/aromatic N) is 2. The lowest BCUT2D eigenvalue weighted by Crippen LogP contribution is -2.33. The van der Waals surface area contributed by atoms with E-state index in [-0.39, 0.29) is 12.1 Å². The summed E-state index contributed by atoms with van der Waals surface area (Å²) in [6, 6.07) is 25.0. The first-order chi connectivity index (χ1) is 13.3. The standard InChI is InChI=1S/C23H20N2O2/c1-27-23(26)16-10-12-17(13-11-16)24-14-15-25-21-9-5-4-7-19(21)18-6-2-3-8-20(18)22(24)25/h2-13,22H,14-15H2,1H3. The van der Waals surface area contributed by atoms with E-state index in [2.05, 4.69) is 58.3 Å². The van der Waals surface area contributed by atoms with Gasteiger partial charge in [-0.1, -0.05) is 42.5 Å². The molecule has 0 radical (unpaired) electrons. The van der Waals surface area contributed by atoms with Crippen molar-refractivity contribution in [2.75, 3.05) is 30.0 Å². The Balaban J connectivity index is 1.58. The van der Waals surface area contributed by atoms with Gasteiger partial charge in [0.15, 0.2) is 0 Å². The fraction of sp³-hybridized carbons (Fsp3) is 0.174. The van der Waals surface area contributed by atoms with Crippen molar-refractivity contribution >= 4 is 17.3 Å². The Bertz CT molecular complexity index is 1010. The maximum Gasteiger partial charge on any atom is 0.337 e. The summed E-state index contributed by atoms with van der Waals surface area (Å²) < 4.78 is 4.81. The summed E-state index contributed by atoms with van der Waals surface area (Å²) in [5.74, 6) is -0.304. The van der Waals surface area contributed by atoms with Crippen LogP contribution in [0.15, 0.2) is 72.8 Å². The van der Waals surface area contributed by atoms with Crippen molar-refractivity contribution in [1.29, 1.82) is 0 Å². The van der Waals surface area contributed by atoms with Gasteiger partial charge >= 0.3 is 5.97 Å². The van der Waals surface area contributed by atoms with E-state index in [0.717, 1.165) is 18.8 Å². The third-order valence-corrected chi connectivity index (χ3v) is 5.53. The zero-order valence-electron chi connectivity index (χ0n) is 15.1. The average Bonchev–Trinajstić information content (AvgIpc) is 3.19. The fourth-order valence-corrected chi connectivity index (χ4v) is 4.31. The molecular weight excluding hydrogens is 336 g/mol. The second-order valence-electron chi connectivity index (χ2n) is 6.90. The quantitative estimate of drug-likeness (QED) is 0.634. The summed E-state index contributed by atoms with van der Waals surface area (Å²) >= 11 is 0. The highest BCUT2D eigenvalue weighted by atomic mass is 16.5. The van der Waals surface area contributed by atoms with Crippen LogP contribution in [0.1, 0.15) is 22.1 Å². The number of rotatable bonds is 2. The zero-order chi connectivity index (χ0) is 18.4. The van der Waals surface area contributed by atoms with Crippen LogP contribution in [0.4, 0.5) is 11.4 Å². The van der Waals surface area contributed by atoms with Crippen molar-refractivity contribution in [3.8, 4) is 11.1 Å². The molecule has 3 aromatic carbocycles. The molecule has 0 spiro atoms. The Hall–Kier alpha value is -3.27. The van der Waals surface area contributed by atoms with Crippen LogP contribution in [0.3, 0.4) is 0 Å². The van der Waals surface area contributed by atoms with E-state index in [1.165, 1.54) is 29.5 Å². The molecule has 5 rings (SSSR count).